The molecule has 0 radical (unpaired) electrons. The number of rotatable bonds is 1. The third-order valence-corrected chi connectivity index (χ3v) is 3.86. The minimum absolute atomic E-state index is 0.259. The molecule has 0 bridgehead atoms. The third-order valence-electron chi connectivity index (χ3n) is 2.04. The molecule has 0 saturated carbocycles. The molecular weight excluding hydrogens is 309 g/mol. The van der Waals surface area contributed by atoms with E-state index < -0.39 is 0 Å². The van der Waals surface area contributed by atoms with Crippen LogP contribution >= 0.6 is 33.9 Å². The first-order chi connectivity index (χ1) is 6.74. The molecule has 0 unspecified atom stereocenters. The molecule has 14 heavy (non-hydrogen) atoms. The van der Waals surface area contributed by atoms with Crippen LogP contribution in [-0.4, -0.2) is 5.11 Å². The van der Waals surface area contributed by atoms with E-state index in [9.17, 15) is 5.11 Å². The van der Waals surface area contributed by atoms with Crippen molar-refractivity contribution in [3.63, 3.8) is 0 Å². The molecule has 1 aromatic carbocycles. The minimum Gasteiger partial charge on any atom is -0.507 e. The molecule has 1 aromatic heterocycles. The van der Waals surface area contributed by atoms with Crippen LogP contribution in [0.3, 0.4) is 0 Å². The molecule has 0 spiro atoms. The van der Waals surface area contributed by atoms with Crippen LogP contribution in [0.25, 0.3) is 10.1 Å². The lowest BCUT2D eigenvalue weighted by molar-refractivity contribution is 0.476. The van der Waals surface area contributed by atoms with Gasteiger partial charge >= 0.3 is 0 Å². The van der Waals surface area contributed by atoms with Gasteiger partial charge in [0.15, 0.2) is 0 Å². The summed E-state index contributed by atoms with van der Waals surface area (Å²) in [5, 5.41) is 21.3. The Balaban J connectivity index is 2.77. The molecule has 1 heterocycles. The zero-order valence-corrected chi connectivity index (χ0v) is 10.1. The number of hydrogen-bond acceptors (Lipinski definition) is 3. The summed E-state index contributed by atoms with van der Waals surface area (Å²) in [4.78, 5) is 0. The summed E-state index contributed by atoms with van der Waals surface area (Å²) in [5.41, 5.74) is 0.735. The van der Waals surface area contributed by atoms with Crippen molar-refractivity contribution in [1.82, 2.24) is 0 Å². The average Bonchev–Trinajstić information content (AvgIpc) is 2.60. The van der Waals surface area contributed by atoms with Crippen molar-refractivity contribution in [3.8, 4) is 11.8 Å². The SMILES string of the molecule is N#CCc1c(I)cc2sccc2c1O. The van der Waals surface area contributed by atoms with Crippen LogP contribution in [0.5, 0.6) is 5.75 Å². The lowest BCUT2D eigenvalue weighted by atomic mass is 10.1. The summed E-state index contributed by atoms with van der Waals surface area (Å²) in [6.07, 6.45) is 0.260. The number of halogens is 1. The summed E-state index contributed by atoms with van der Waals surface area (Å²) < 4.78 is 2.02. The second-order valence-electron chi connectivity index (χ2n) is 2.85. The molecule has 0 fully saturated rings. The smallest absolute Gasteiger partial charge is 0.129 e. The van der Waals surface area contributed by atoms with Gasteiger partial charge in [-0.25, -0.2) is 0 Å². The van der Waals surface area contributed by atoms with E-state index in [2.05, 4.69) is 28.7 Å². The topological polar surface area (TPSA) is 44.0 Å². The van der Waals surface area contributed by atoms with Gasteiger partial charge in [-0.2, -0.15) is 5.26 Å². The van der Waals surface area contributed by atoms with Gasteiger partial charge in [0.05, 0.1) is 12.5 Å². The number of phenolic OH excluding ortho intramolecular Hbond substituents is 1. The molecular formula is C10H6INOS. The molecule has 4 heteroatoms. The fourth-order valence-electron chi connectivity index (χ4n) is 1.35. The summed E-state index contributed by atoms with van der Waals surface area (Å²) in [6, 6.07) is 5.95. The maximum atomic E-state index is 9.90. The molecule has 0 aliphatic heterocycles. The molecule has 2 nitrogen and oxygen atoms in total. The largest absolute Gasteiger partial charge is 0.507 e. The molecule has 0 saturated heterocycles. The van der Waals surface area contributed by atoms with Gasteiger partial charge in [0, 0.05) is 19.2 Å². The zero-order valence-electron chi connectivity index (χ0n) is 7.12. The third kappa shape index (κ3) is 1.47. The summed E-state index contributed by atoms with van der Waals surface area (Å²) in [7, 11) is 0. The standard InChI is InChI=1S/C10H6INOS/c11-8-5-9-7(2-4-14-9)10(13)6(8)1-3-12/h2,4-5,13H,1H2. The predicted molar refractivity (Wildman–Crippen MR) is 65.5 cm³/mol. The van der Waals surface area contributed by atoms with Gasteiger partial charge in [0.25, 0.3) is 0 Å². The van der Waals surface area contributed by atoms with E-state index in [-0.39, 0.29) is 12.2 Å². The van der Waals surface area contributed by atoms with E-state index in [0.29, 0.717) is 0 Å². The lowest BCUT2D eigenvalue weighted by Crippen LogP contribution is -1.88. The van der Waals surface area contributed by atoms with Gasteiger partial charge in [-0.05, 0) is 40.1 Å². The Morgan fingerprint density at radius 2 is 2.36 bits per heavy atom. The quantitative estimate of drug-likeness (QED) is 0.821. The van der Waals surface area contributed by atoms with Crippen molar-refractivity contribution >= 4 is 44.0 Å². The second kappa shape index (κ2) is 3.75. The van der Waals surface area contributed by atoms with E-state index in [0.717, 1.165) is 19.2 Å². The van der Waals surface area contributed by atoms with Crippen molar-refractivity contribution < 1.29 is 5.11 Å². The van der Waals surface area contributed by atoms with Crippen LogP contribution < -0.4 is 0 Å². The molecule has 1 N–H and O–H groups in total. The molecule has 0 atom stereocenters. The first-order valence-corrected chi connectivity index (χ1v) is 5.94. The monoisotopic (exact) mass is 315 g/mol. The number of nitrogens with zero attached hydrogens (tertiary/aromatic N) is 1. The normalized spacial score (nSPS) is 10.3. The summed E-state index contributed by atoms with van der Waals surface area (Å²) in [6.45, 7) is 0. The number of hydrogen-bond donors (Lipinski definition) is 1. The van der Waals surface area contributed by atoms with Crippen LogP contribution in [-0.2, 0) is 6.42 Å². The van der Waals surface area contributed by atoms with E-state index in [1.54, 1.807) is 11.3 Å². The second-order valence-corrected chi connectivity index (χ2v) is 4.96. The number of aromatic hydroxyl groups is 1. The predicted octanol–water partition coefficient (Wildman–Crippen LogP) is 3.28. The number of thiophene rings is 1. The fourth-order valence-corrected chi connectivity index (χ4v) is 3.15. The lowest BCUT2D eigenvalue weighted by Gasteiger charge is -2.04. The molecule has 2 aromatic rings. The molecule has 2 rings (SSSR count). The van der Waals surface area contributed by atoms with E-state index in [1.165, 1.54) is 0 Å². The van der Waals surface area contributed by atoms with E-state index in [1.807, 2.05) is 17.5 Å². The van der Waals surface area contributed by atoms with Gasteiger partial charge in [0.1, 0.15) is 5.75 Å². The van der Waals surface area contributed by atoms with Crippen LogP contribution in [0.15, 0.2) is 17.5 Å². The minimum atomic E-state index is 0.259. The number of benzene rings is 1. The van der Waals surface area contributed by atoms with E-state index >= 15 is 0 Å². The number of phenols is 1. The molecule has 70 valence electrons. The van der Waals surface area contributed by atoms with Crippen LogP contribution in [0.4, 0.5) is 0 Å². The van der Waals surface area contributed by atoms with Gasteiger partial charge in [-0.3, -0.25) is 0 Å². The summed E-state index contributed by atoms with van der Waals surface area (Å²) in [5.74, 6) is 0.259. The van der Waals surface area contributed by atoms with Crippen molar-refractivity contribution in [2.24, 2.45) is 0 Å². The maximum absolute atomic E-state index is 9.90. The average molecular weight is 315 g/mol. The van der Waals surface area contributed by atoms with Crippen LogP contribution in [0.2, 0.25) is 0 Å². The molecule has 0 amide bonds. The number of nitriles is 1. The van der Waals surface area contributed by atoms with Gasteiger partial charge in [-0.15, -0.1) is 11.3 Å². The highest BCUT2D eigenvalue weighted by Crippen LogP contribution is 2.35. The Bertz CT molecular complexity index is 527. The molecule has 0 aliphatic carbocycles. The van der Waals surface area contributed by atoms with Crippen molar-refractivity contribution in [1.29, 1.82) is 5.26 Å². The van der Waals surface area contributed by atoms with Crippen molar-refractivity contribution in [3.05, 3.63) is 26.6 Å². The van der Waals surface area contributed by atoms with Gasteiger partial charge < -0.3 is 5.11 Å². The Hall–Kier alpha value is -0.800. The highest BCUT2D eigenvalue weighted by Gasteiger charge is 2.11. The highest BCUT2D eigenvalue weighted by molar-refractivity contribution is 14.1. The first-order valence-electron chi connectivity index (χ1n) is 3.98. The van der Waals surface area contributed by atoms with Crippen LogP contribution in [0, 0.1) is 14.9 Å². The Morgan fingerprint density at radius 3 is 3.07 bits per heavy atom. The van der Waals surface area contributed by atoms with Gasteiger partial charge in [-0.1, -0.05) is 0 Å². The maximum Gasteiger partial charge on any atom is 0.129 e. The van der Waals surface area contributed by atoms with E-state index in [4.69, 9.17) is 5.26 Å². The van der Waals surface area contributed by atoms with Crippen LogP contribution in [0.1, 0.15) is 5.56 Å². The Morgan fingerprint density at radius 1 is 1.57 bits per heavy atom. The molecule has 0 aliphatic rings. The van der Waals surface area contributed by atoms with Gasteiger partial charge in [0.2, 0.25) is 0 Å². The fraction of sp³-hybridized carbons (Fsp3) is 0.100. The Labute approximate surface area is 98.9 Å². The first kappa shape index (κ1) is 9.74. The van der Waals surface area contributed by atoms with Crippen molar-refractivity contribution in [2.45, 2.75) is 6.42 Å². The Kier molecular flexibility index (Phi) is 2.61. The summed E-state index contributed by atoms with van der Waals surface area (Å²) >= 11 is 3.75. The highest BCUT2D eigenvalue weighted by atomic mass is 127. The zero-order chi connectivity index (χ0) is 10.1. The number of fused-ring (bicyclic) bond motifs is 1. The van der Waals surface area contributed by atoms with Crippen molar-refractivity contribution in [2.75, 3.05) is 0 Å².